The number of piperazine rings is 1. The highest BCUT2D eigenvalue weighted by Crippen LogP contribution is 2.01. The van der Waals surface area contributed by atoms with E-state index in [0.29, 0.717) is 0 Å². The van der Waals surface area contributed by atoms with Crippen molar-refractivity contribution in [1.29, 1.82) is 0 Å². The van der Waals surface area contributed by atoms with E-state index in [4.69, 9.17) is 11.2 Å². The minimum Gasteiger partial charge on any atom is -0.383 e. The van der Waals surface area contributed by atoms with Crippen molar-refractivity contribution in [3.05, 3.63) is 0 Å². The smallest absolute Gasteiger partial charge is 0.0589 e. The zero-order valence-electron chi connectivity index (χ0n) is 9.85. The van der Waals surface area contributed by atoms with Gasteiger partial charge in [0.1, 0.15) is 0 Å². The van der Waals surface area contributed by atoms with Gasteiger partial charge >= 0.3 is 0 Å². The first-order valence-electron chi connectivity index (χ1n) is 5.24. The van der Waals surface area contributed by atoms with Crippen molar-refractivity contribution in [1.82, 2.24) is 9.80 Å². The van der Waals surface area contributed by atoms with E-state index < -0.39 is 0 Å². The SMILES string of the molecule is C#CCCN1CCN(CCOC)CC1.Cl.Cl. The Labute approximate surface area is 111 Å². The molecule has 0 N–H and O–H groups in total. The molecule has 0 saturated carbocycles. The number of ether oxygens (including phenoxy) is 1. The summed E-state index contributed by atoms with van der Waals surface area (Å²) in [5.74, 6) is 2.69. The summed E-state index contributed by atoms with van der Waals surface area (Å²) >= 11 is 0. The average Bonchev–Trinajstić information content (AvgIpc) is 2.25. The third-order valence-electron chi connectivity index (χ3n) is 2.65. The van der Waals surface area contributed by atoms with Gasteiger partial charge in [0, 0.05) is 52.8 Å². The lowest BCUT2D eigenvalue weighted by Gasteiger charge is -2.34. The van der Waals surface area contributed by atoms with Crippen molar-refractivity contribution < 1.29 is 4.74 Å². The van der Waals surface area contributed by atoms with Gasteiger partial charge in [-0.15, -0.1) is 37.2 Å². The summed E-state index contributed by atoms with van der Waals surface area (Å²) in [6, 6.07) is 0. The van der Waals surface area contributed by atoms with Crippen LogP contribution in [0.5, 0.6) is 0 Å². The van der Waals surface area contributed by atoms with Crippen LogP contribution in [0.2, 0.25) is 0 Å². The molecule has 1 heterocycles. The number of methoxy groups -OCH3 is 1. The third kappa shape index (κ3) is 7.32. The van der Waals surface area contributed by atoms with Crippen molar-refractivity contribution in [2.45, 2.75) is 6.42 Å². The fourth-order valence-corrected chi connectivity index (χ4v) is 1.68. The third-order valence-corrected chi connectivity index (χ3v) is 2.65. The molecule has 5 heteroatoms. The molecule has 0 aromatic rings. The van der Waals surface area contributed by atoms with Gasteiger partial charge in [-0.1, -0.05) is 0 Å². The molecular weight excluding hydrogens is 247 g/mol. The molecule has 1 fully saturated rings. The Morgan fingerprint density at radius 1 is 1.06 bits per heavy atom. The molecule has 1 saturated heterocycles. The second-order valence-electron chi connectivity index (χ2n) is 3.63. The summed E-state index contributed by atoms with van der Waals surface area (Å²) in [6.07, 6.45) is 6.11. The molecule has 96 valence electrons. The number of hydrogen-bond acceptors (Lipinski definition) is 3. The molecule has 0 bridgehead atoms. The van der Waals surface area contributed by atoms with Gasteiger partial charge < -0.3 is 4.74 Å². The van der Waals surface area contributed by atoms with Gasteiger partial charge in [-0.3, -0.25) is 9.80 Å². The van der Waals surface area contributed by atoms with Crippen LogP contribution in [0.1, 0.15) is 6.42 Å². The van der Waals surface area contributed by atoms with Crippen LogP contribution < -0.4 is 0 Å². The Bertz CT molecular complexity index is 189. The molecular formula is C11H22Cl2N2O. The predicted molar refractivity (Wildman–Crippen MR) is 72.7 cm³/mol. The lowest BCUT2D eigenvalue weighted by molar-refractivity contribution is 0.0981. The van der Waals surface area contributed by atoms with Crippen LogP contribution >= 0.6 is 24.8 Å². The van der Waals surface area contributed by atoms with E-state index in [-0.39, 0.29) is 24.8 Å². The van der Waals surface area contributed by atoms with Crippen LogP contribution in [0.15, 0.2) is 0 Å². The van der Waals surface area contributed by atoms with Gasteiger partial charge in [0.15, 0.2) is 0 Å². The molecule has 1 aliphatic heterocycles. The molecule has 0 aromatic carbocycles. The quantitative estimate of drug-likeness (QED) is 0.696. The van der Waals surface area contributed by atoms with Crippen molar-refractivity contribution in [3.63, 3.8) is 0 Å². The number of hydrogen-bond donors (Lipinski definition) is 0. The number of nitrogens with zero attached hydrogens (tertiary/aromatic N) is 2. The zero-order chi connectivity index (χ0) is 10.2. The lowest BCUT2D eigenvalue weighted by atomic mass is 10.3. The molecule has 1 aliphatic rings. The highest BCUT2D eigenvalue weighted by atomic mass is 35.5. The van der Waals surface area contributed by atoms with Crippen molar-refractivity contribution in [3.8, 4) is 12.3 Å². The first kappa shape index (κ1) is 18.4. The van der Waals surface area contributed by atoms with Gasteiger partial charge in [-0.2, -0.15) is 0 Å². The molecule has 0 amide bonds. The summed E-state index contributed by atoms with van der Waals surface area (Å²) in [6.45, 7) is 7.52. The minimum atomic E-state index is 0. The Kier molecular flexibility index (Phi) is 13.2. The Morgan fingerprint density at radius 2 is 1.56 bits per heavy atom. The van der Waals surface area contributed by atoms with Gasteiger partial charge in [0.2, 0.25) is 0 Å². The Morgan fingerprint density at radius 3 is 2.00 bits per heavy atom. The maximum atomic E-state index is 5.24. The number of rotatable bonds is 5. The highest BCUT2D eigenvalue weighted by Gasteiger charge is 2.15. The fourth-order valence-electron chi connectivity index (χ4n) is 1.68. The van der Waals surface area contributed by atoms with E-state index in [2.05, 4.69) is 15.7 Å². The maximum Gasteiger partial charge on any atom is 0.0589 e. The number of halogens is 2. The van der Waals surface area contributed by atoms with E-state index in [1.54, 1.807) is 7.11 Å². The van der Waals surface area contributed by atoms with Crippen LogP contribution in [0.3, 0.4) is 0 Å². The molecule has 0 aliphatic carbocycles. The number of terminal acetylenes is 1. The van der Waals surface area contributed by atoms with Gasteiger partial charge in [0.05, 0.1) is 6.61 Å². The summed E-state index contributed by atoms with van der Waals surface area (Å²) in [4.78, 5) is 4.87. The summed E-state index contributed by atoms with van der Waals surface area (Å²) in [5.41, 5.74) is 0. The van der Waals surface area contributed by atoms with Gasteiger partial charge in [-0.25, -0.2) is 0 Å². The summed E-state index contributed by atoms with van der Waals surface area (Å²) in [5, 5.41) is 0. The molecule has 16 heavy (non-hydrogen) atoms. The lowest BCUT2D eigenvalue weighted by Crippen LogP contribution is -2.47. The van der Waals surface area contributed by atoms with Crippen LogP contribution in [-0.4, -0.2) is 62.8 Å². The monoisotopic (exact) mass is 268 g/mol. The highest BCUT2D eigenvalue weighted by molar-refractivity contribution is 5.85. The van der Waals surface area contributed by atoms with E-state index in [0.717, 1.165) is 52.3 Å². The topological polar surface area (TPSA) is 15.7 Å². The van der Waals surface area contributed by atoms with E-state index in [9.17, 15) is 0 Å². The first-order valence-corrected chi connectivity index (χ1v) is 5.24. The summed E-state index contributed by atoms with van der Waals surface area (Å²) < 4.78 is 5.05. The standard InChI is InChI=1S/C11H20N2O.2ClH/c1-3-4-5-12-6-8-13(9-7-12)10-11-14-2;;/h1H,4-11H2,2H3;2*1H. The molecule has 0 atom stereocenters. The molecule has 0 unspecified atom stereocenters. The molecule has 3 nitrogen and oxygen atoms in total. The minimum absolute atomic E-state index is 0. The molecule has 1 rings (SSSR count). The largest absolute Gasteiger partial charge is 0.383 e. The first-order chi connectivity index (χ1) is 6.86. The normalized spacial score (nSPS) is 17.0. The van der Waals surface area contributed by atoms with Crippen molar-refractivity contribution in [2.75, 3.05) is 53.0 Å². The molecule has 0 aromatic heterocycles. The van der Waals surface area contributed by atoms with Crippen LogP contribution in [-0.2, 0) is 4.74 Å². The second-order valence-corrected chi connectivity index (χ2v) is 3.63. The summed E-state index contributed by atoms with van der Waals surface area (Å²) in [7, 11) is 1.75. The Balaban J connectivity index is 0. The Hall–Kier alpha value is 0.0200. The molecule has 0 radical (unpaired) electrons. The zero-order valence-corrected chi connectivity index (χ0v) is 11.5. The van der Waals surface area contributed by atoms with E-state index >= 15 is 0 Å². The van der Waals surface area contributed by atoms with E-state index in [1.165, 1.54) is 0 Å². The van der Waals surface area contributed by atoms with Crippen molar-refractivity contribution in [2.24, 2.45) is 0 Å². The van der Waals surface area contributed by atoms with Crippen LogP contribution in [0, 0.1) is 12.3 Å². The maximum absolute atomic E-state index is 5.24. The van der Waals surface area contributed by atoms with E-state index in [1.807, 2.05) is 0 Å². The van der Waals surface area contributed by atoms with Crippen molar-refractivity contribution >= 4 is 24.8 Å². The predicted octanol–water partition coefficient (Wildman–Crippen LogP) is 1.12. The fraction of sp³-hybridized carbons (Fsp3) is 0.818. The van der Waals surface area contributed by atoms with Gasteiger partial charge in [0.25, 0.3) is 0 Å². The second kappa shape index (κ2) is 11.5. The van der Waals surface area contributed by atoms with Crippen LogP contribution in [0.4, 0.5) is 0 Å². The van der Waals surface area contributed by atoms with Gasteiger partial charge in [-0.05, 0) is 0 Å². The molecule has 0 spiro atoms. The average molecular weight is 269 g/mol. The van der Waals surface area contributed by atoms with Crippen LogP contribution in [0.25, 0.3) is 0 Å².